The van der Waals surface area contributed by atoms with E-state index in [9.17, 15) is 9.59 Å². The fourth-order valence-electron chi connectivity index (χ4n) is 2.38. The van der Waals surface area contributed by atoms with E-state index >= 15 is 0 Å². The maximum absolute atomic E-state index is 12.2. The first-order chi connectivity index (χ1) is 12.1. The van der Waals surface area contributed by atoms with Crippen LogP contribution in [0.4, 0.5) is 0 Å². The van der Waals surface area contributed by atoms with E-state index in [0.717, 1.165) is 16.1 Å². The van der Waals surface area contributed by atoms with Crippen LogP contribution in [0.1, 0.15) is 26.4 Å². The summed E-state index contributed by atoms with van der Waals surface area (Å²) in [5, 5.41) is 5.42. The van der Waals surface area contributed by atoms with Crippen molar-refractivity contribution in [1.29, 1.82) is 0 Å². The van der Waals surface area contributed by atoms with Gasteiger partial charge >= 0.3 is 0 Å². The summed E-state index contributed by atoms with van der Waals surface area (Å²) >= 11 is 1.44. The van der Waals surface area contributed by atoms with Crippen molar-refractivity contribution >= 4 is 23.2 Å². The molecule has 0 aliphatic carbocycles. The number of hydrogen-bond donors (Lipinski definition) is 2. The van der Waals surface area contributed by atoms with Crippen molar-refractivity contribution in [3.05, 3.63) is 76.8 Å². The molecule has 0 unspecified atom stereocenters. The molecule has 0 saturated carbocycles. The Bertz CT molecular complexity index is 890. The van der Waals surface area contributed by atoms with Crippen LogP contribution in [0.2, 0.25) is 0 Å². The predicted octanol–water partition coefficient (Wildman–Crippen LogP) is 2.88. The molecule has 0 spiro atoms. The summed E-state index contributed by atoms with van der Waals surface area (Å²) in [6.07, 6.45) is 0.614. The van der Waals surface area contributed by atoms with Gasteiger partial charge in [0.15, 0.2) is 0 Å². The molecule has 2 aromatic carbocycles. The van der Waals surface area contributed by atoms with Crippen LogP contribution in [0, 0.1) is 0 Å². The van der Waals surface area contributed by atoms with Crippen molar-refractivity contribution in [1.82, 2.24) is 10.3 Å². The third-order valence-electron chi connectivity index (χ3n) is 3.67. The van der Waals surface area contributed by atoms with E-state index in [0.29, 0.717) is 24.2 Å². The van der Waals surface area contributed by atoms with Gasteiger partial charge in [-0.3, -0.25) is 9.59 Å². The summed E-state index contributed by atoms with van der Waals surface area (Å²) in [7, 11) is 0. The van der Waals surface area contributed by atoms with Crippen LogP contribution >= 0.6 is 11.3 Å². The number of hydrogen-bond acceptors (Lipinski definition) is 4. The zero-order valence-corrected chi connectivity index (χ0v) is 14.3. The number of primary amides is 1. The Morgan fingerprint density at radius 1 is 1.08 bits per heavy atom. The fourth-order valence-corrected chi connectivity index (χ4v) is 3.19. The second-order valence-corrected chi connectivity index (χ2v) is 6.33. The first kappa shape index (κ1) is 16.9. The number of benzene rings is 2. The highest BCUT2D eigenvalue weighted by molar-refractivity contribution is 7.13. The van der Waals surface area contributed by atoms with Gasteiger partial charge < -0.3 is 11.1 Å². The second kappa shape index (κ2) is 7.72. The Hall–Kier alpha value is -2.99. The van der Waals surface area contributed by atoms with E-state index < -0.39 is 5.91 Å². The van der Waals surface area contributed by atoms with Gasteiger partial charge in [0.2, 0.25) is 5.91 Å². The van der Waals surface area contributed by atoms with Crippen molar-refractivity contribution < 1.29 is 9.59 Å². The van der Waals surface area contributed by atoms with Crippen LogP contribution < -0.4 is 11.1 Å². The first-order valence-corrected chi connectivity index (χ1v) is 8.69. The summed E-state index contributed by atoms with van der Waals surface area (Å²) < 4.78 is 0. The highest BCUT2D eigenvalue weighted by Gasteiger charge is 2.11. The van der Waals surface area contributed by atoms with Crippen molar-refractivity contribution in [3.8, 4) is 10.6 Å². The lowest BCUT2D eigenvalue weighted by Gasteiger charge is -2.05. The van der Waals surface area contributed by atoms with E-state index in [-0.39, 0.29) is 5.91 Å². The van der Waals surface area contributed by atoms with Gasteiger partial charge in [-0.05, 0) is 24.1 Å². The molecule has 0 aliphatic rings. The van der Waals surface area contributed by atoms with Gasteiger partial charge in [0.05, 0.1) is 0 Å². The first-order valence-electron chi connectivity index (χ1n) is 7.81. The van der Waals surface area contributed by atoms with Crippen molar-refractivity contribution in [2.24, 2.45) is 5.73 Å². The quantitative estimate of drug-likeness (QED) is 0.716. The molecular weight excluding hydrogens is 334 g/mol. The normalized spacial score (nSPS) is 10.4. The molecule has 6 heteroatoms. The minimum absolute atomic E-state index is 0.204. The monoisotopic (exact) mass is 351 g/mol. The Balaban J connectivity index is 1.57. The number of amides is 2. The van der Waals surface area contributed by atoms with E-state index in [2.05, 4.69) is 10.3 Å². The predicted molar refractivity (Wildman–Crippen MR) is 98.5 cm³/mol. The Labute approximate surface area is 149 Å². The molecule has 0 bridgehead atoms. The van der Waals surface area contributed by atoms with Gasteiger partial charge in [-0.25, -0.2) is 4.98 Å². The van der Waals surface area contributed by atoms with Gasteiger partial charge in [-0.2, -0.15) is 0 Å². The Kier molecular flexibility index (Phi) is 5.20. The van der Waals surface area contributed by atoms with Gasteiger partial charge in [0, 0.05) is 23.1 Å². The van der Waals surface area contributed by atoms with Crippen molar-refractivity contribution in [2.45, 2.75) is 6.42 Å². The molecule has 0 saturated heterocycles. The van der Waals surface area contributed by atoms with Crippen molar-refractivity contribution in [3.63, 3.8) is 0 Å². The summed E-state index contributed by atoms with van der Waals surface area (Å²) in [6.45, 7) is 0.458. The standard InChI is InChI=1S/C19H17N3O2S/c20-17(23)15-8-4-5-13(11-15)9-10-21-18(24)16-12-25-19(22-16)14-6-2-1-3-7-14/h1-8,11-12H,9-10H2,(H2,20,23)(H,21,24). The molecule has 5 nitrogen and oxygen atoms in total. The second-order valence-electron chi connectivity index (χ2n) is 5.47. The van der Waals surface area contributed by atoms with Crippen molar-refractivity contribution in [2.75, 3.05) is 6.54 Å². The SMILES string of the molecule is NC(=O)c1cccc(CCNC(=O)c2csc(-c3ccccc3)n2)c1. The number of carbonyl (C=O) groups is 2. The zero-order chi connectivity index (χ0) is 17.6. The molecule has 1 aromatic heterocycles. The van der Waals surface area contributed by atoms with Crippen LogP contribution in [-0.2, 0) is 6.42 Å². The van der Waals surface area contributed by atoms with Crippen LogP contribution in [0.15, 0.2) is 60.0 Å². The van der Waals surface area contributed by atoms with Crippen LogP contribution in [0.25, 0.3) is 10.6 Å². The van der Waals surface area contributed by atoms with Gasteiger partial charge in [0.25, 0.3) is 5.91 Å². The molecule has 0 atom stereocenters. The van der Waals surface area contributed by atoms with E-state index in [1.807, 2.05) is 36.4 Å². The molecular formula is C19H17N3O2S. The van der Waals surface area contributed by atoms with E-state index in [1.54, 1.807) is 23.6 Å². The summed E-state index contributed by atoms with van der Waals surface area (Å²) in [5.74, 6) is -0.661. The van der Waals surface area contributed by atoms with E-state index in [1.165, 1.54) is 11.3 Å². The highest BCUT2D eigenvalue weighted by Crippen LogP contribution is 2.23. The average molecular weight is 351 g/mol. The molecule has 3 aromatic rings. The topological polar surface area (TPSA) is 85.1 Å². The number of rotatable bonds is 6. The van der Waals surface area contributed by atoms with E-state index in [4.69, 9.17) is 5.73 Å². The lowest BCUT2D eigenvalue weighted by molar-refractivity contribution is 0.0948. The Morgan fingerprint density at radius 2 is 1.88 bits per heavy atom. The minimum Gasteiger partial charge on any atom is -0.366 e. The fraction of sp³-hybridized carbons (Fsp3) is 0.105. The molecule has 3 N–H and O–H groups in total. The average Bonchev–Trinajstić information content (AvgIpc) is 3.13. The zero-order valence-electron chi connectivity index (χ0n) is 13.4. The summed E-state index contributed by atoms with van der Waals surface area (Å²) in [6, 6.07) is 16.8. The lowest BCUT2D eigenvalue weighted by atomic mass is 10.1. The molecule has 126 valence electrons. The lowest BCUT2D eigenvalue weighted by Crippen LogP contribution is -2.26. The molecule has 3 rings (SSSR count). The summed E-state index contributed by atoms with van der Waals surface area (Å²) in [5.41, 5.74) is 8.09. The maximum Gasteiger partial charge on any atom is 0.270 e. The number of aromatic nitrogens is 1. The maximum atomic E-state index is 12.2. The number of nitrogens with one attached hydrogen (secondary N) is 1. The minimum atomic E-state index is -0.457. The summed E-state index contributed by atoms with van der Waals surface area (Å²) in [4.78, 5) is 27.8. The molecule has 0 fully saturated rings. The smallest absolute Gasteiger partial charge is 0.270 e. The number of nitrogens with zero attached hydrogens (tertiary/aromatic N) is 1. The number of nitrogens with two attached hydrogens (primary N) is 1. The van der Waals surface area contributed by atoms with Crippen LogP contribution in [-0.4, -0.2) is 23.3 Å². The van der Waals surface area contributed by atoms with Crippen LogP contribution in [0.5, 0.6) is 0 Å². The molecule has 1 heterocycles. The van der Waals surface area contributed by atoms with Gasteiger partial charge in [0.1, 0.15) is 10.7 Å². The Morgan fingerprint density at radius 3 is 2.64 bits per heavy atom. The number of thiazole rings is 1. The number of carbonyl (C=O) groups excluding carboxylic acids is 2. The third-order valence-corrected chi connectivity index (χ3v) is 4.56. The largest absolute Gasteiger partial charge is 0.366 e. The highest BCUT2D eigenvalue weighted by atomic mass is 32.1. The van der Waals surface area contributed by atoms with Crippen LogP contribution in [0.3, 0.4) is 0 Å². The molecule has 25 heavy (non-hydrogen) atoms. The molecule has 0 radical (unpaired) electrons. The van der Waals surface area contributed by atoms with Gasteiger partial charge in [-0.15, -0.1) is 11.3 Å². The molecule has 0 aliphatic heterocycles. The molecule has 2 amide bonds. The van der Waals surface area contributed by atoms with Gasteiger partial charge in [-0.1, -0.05) is 42.5 Å². The third kappa shape index (κ3) is 4.30.